The summed E-state index contributed by atoms with van der Waals surface area (Å²) < 4.78 is 0. The highest BCUT2D eigenvalue weighted by molar-refractivity contribution is 6.29. The molecule has 6 heteroatoms. The molecule has 0 fully saturated rings. The molecule has 0 radical (unpaired) electrons. The van der Waals surface area contributed by atoms with Crippen molar-refractivity contribution in [1.82, 2.24) is 9.97 Å². The second kappa shape index (κ2) is 5.69. The molecule has 0 bridgehead atoms. The second-order valence-electron chi connectivity index (χ2n) is 4.97. The molecule has 108 valence electrons. The Morgan fingerprint density at radius 1 is 1.38 bits per heavy atom. The van der Waals surface area contributed by atoms with Crippen LogP contribution in [-0.2, 0) is 6.42 Å². The number of carbonyl (C=O) groups is 1. The van der Waals surface area contributed by atoms with Gasteiger partial charge in [-0.25, -0.2) is 9.97 Å². The number of nitrogens with zero attached hydrogens (tertiary/aromatic N) is 2. The predicted molar refractivity (Wildman–Crippen MR) is 83.0 cm³/mol. The Kier molecular flexibility index (Phi) is 3.75. The number of nitrogens with one attached hydrogen (secondary N) is 2. The van der Waals surface area contributed by atoms with Gasteiger partial charge in [0.05, 0.1) is 0 Å². The van der Waals surface area contributed by atoms with E-state index in [0.29, 0.717) is 16.4 Å². The van der Waals surface area contributed by atoms with Gasteiger partial charge in [-0.3, -0.25) is 10.1 Å². The van der Waals surface area contributed by atoms with Crippen LogP contribution < -0.4 is 10.6 Å². The Morgan fingerprint density at radius 3 is 3.05 bits per heavy atom. The minimum Gasteiger partial charge on any atom is -0.385 e. The molecule has 2 N–H and O–H groups in total. The van der Waals surface area contributed by atoms with Gasteiger partial charge in [0.25, 0.3) is 5.91 Å². The van der Waals surface area contributed by atoms with E-state index in [1.165, 1.54) is 0 Å². The first kappa shape index (κ1) is 13.8. The van der Waals surface area contributed by atoms with Gasteiger partial charge in [-0.05, 0) is 43.5 Å². The quantitative estimate of drug-likeness (QED) is 0.837. The average Bonchev–Trinajstić information content (AvgIpc) is 2.45. The zero-order valence-corrected chi connectivity index (χ0v) is 12.4. The lowest BCUT2D eigenvalue weighted by Gasteiger charge is -2.20. The molecule has 0 unspecified atom stereocenters. The first-order valence-corrected chi connectivity index (χ1v) is 7.19. The maximum Gasteiger partial charge on any atom is 0.258 e. The second-order valence-corrected chi connectivity index (χ2v) is 5.36. The third-order valence-electron chi connectivity index (χ3n) is 3.39. The van der Waals surface area contributed by atoms with E-state index in [2.05, 4.69) is 20.6 Å². The van der Waals surface area contributed by atoms with Crippen LogP contribution in [0.4, 0.5) is 11.6 Å². The number of benzene rings is 1. The monoisotopic (exact) mass is 302 g/mol. The van der Waals surface area contributed by atoms with Gasteiger partial charge in [-0.1, -0.05) is 17.7 Å². The highest BCUT2D eigenvalue weighted by Crippen LogP contribution is 2.25. The zero-order valence-electron chi connectivity index (χ0n) is 11.6. The molecule has 1 aromatic heterocycles. The van der Waals surface area contributed by atoms with Gasteiger partial charge in [0.2, 0.25) is 5.95 Å². The van der Waals surface area contributed by atoms with E-state index < -0.39 is 0 Å². The predicted octanol–water partition coefficient (Wildman–Crippen LogP) is 3.05. The third kappa shape index (κ3) is 2.97. The van der Waals surface area contributed by atoms with Crippen LogP contribution in [0.15, 0.2) is 24.3 Å². The van der Waals surface area contributed by atoms with Crippen molar-refractivity contribution in [2.24, 2.45) is 0 Å². The molecule has 3 rings (SSSR count). The summed E-state index contributed by atoms with van der Waals surface area (Å²) in [5, 5.41) is 6.34. The minimum absolute atomic E-state index is 0.211. The van der Waals surface area contributed by atoms with Crippen molar-refractivity contribution in [2.45, 2.75) is 19.8 Å². The number of halogens is 1. The summed E-state index contributed by atoms with van der Waals surface area (Å²) in [7, 11) is 0. The van der Waals surface area contributed by atoms with E-state index in [9.17, 15) is 4.79 Å². The standard InChI is InChI=1S/C15H15ClN4O/c1-9-8-13(16)19-15(18-9)20-14(21)11-4-2-6-12-10(11)5-3-7-17-12/h2,4,6,8,17H,3,5,7H2,1H3,(H,18,19,20,21). The highest BCUT2D eigenvalue weighted by atomic mass is 35.5. The van der Waals surface area contributed by atoms with Crippen LogP contribution >= 0.6 is 11.6 Å². The number of aromatic nitrogens is 2. The largest absolute Gasteiger partial charge is 0.385 e. The first-order chi connectivity index (χ1) is 10.1. The van der Waals surface area contributed by atoms with Gasteiger partial charge >= 0.3 is 0 Å². The van der Waals surface area contributed by atoms with Crippen LogP contribution in [0, 0.1) is 6.92 Å². The number of aryl methyl sites for hydroxylation is 1. The van der Waals surface area contributed by atoms with Crippen molar-refractivity contribution < 1.29 is 4.79 Å². The number of fused-ring (bicyclic) bond motifs is 1. The van der Waals surface area contributed by atoms with Gasteiger partial charge in [0.1, 0.15) is 5.15 Å². The van der Waals surface area contributed by atoms with E-state index in [4.69, 9.17) is 11.6 Å². The molecular formula is C15H15ClN4O. The number of amides is 1. The summed E-state index contributed by atoms with van der Waals surface area (Å²) in [6, 6.07) is 7.32. The normalized spacial score (nSPS) is 13.2. The van der Waals surface area contributed by atoms with Gasteiger partial charge in [-0.15, -0.1) is 0 Å². The van der Waals surface area contributed by atoms with E-state index >= 15 is 0 Å². The van der Waals surface area contributed by atoms with Crippen LogP contribution in [0.25, 0.3) is 0 Å². The molecule has 0 spiro atoms. The Morgan fingerprint density at radius 2 is 2.24 bits per heavy atom. The Hall–Kier alpha value is -2.14. The van der Waals surface area contributed by atoms with E-state index in [0.717, 1.165) is 30.6 Å². The van der Waals surface area contributed by atoms with Crippen molar-refractivity contribution >= 4 is 29.1 Å². The Balaban J connectivity index is 1.89. The number of hydrogen-bond acceptors (Lipinski definition) is 4. The summed E-state index contributed by atoms with van der Waals surface area (Å²) in [5.74, 6) is 0.0172. The number of rotatable bonds is 2. The van der Waals surface area contributed by atoms with Crippen molar-refractivity contribution in [3.8, 4) is 0 Å². The molecule has 1 aliphatic heterocycles. The zero-order chi connectivity index (χ0) is 14.8. The molecule has 0 saturated carbocycles. The van der Waals surface area contributed by atoms with Crippen molar-refractivity contribution in [3.05, 3.63) is 46.2 Å². The van der Waals surface area contributed by atoms with Crippen molar-refractivity contribution in [3.63, 3.8) is 0 Å². The topological polar surface area (TPSA) is 66.9 Å². The fourth-order valence-corrected chi connectivity index (χ4v) is 2.72. The van der Waals surface area contributed by atoms with Gasteiger partial charge in [0.15, 0.2) is 0 Å². The lowest BCUT2D eigenvalue weighted by Crippen LogP contribution is -2.20. The van der Waals surface area contributed by atoms with E-state index in [1.807, 2.05) is 18.2 Å². The van der Waals surface area contributed by atoms with Crippen LogP contribution in [0.1, 0.15) is 28.0 Å². The molecule has 0 aliphatic carbocycles. The SMILES string of the molecule is Cc1cc(Cl)nc(NC(=O)c2cccc3c2CCCN3)n1. The summed E-state index contributed by atoms with van der Waals surface area (Å²) in [4.78, 5) is 20.6. The highest BCUT2D eigenvalue weighted by Gasteiger charge is 2.18. The van der Waals surface area contributed by atoms with Crippen LogP contribution in [0.2, 0.25) is 5.15 Å². The maximum atomic E-state index is 12.4. The summed E-state index contributed by atoms with van der Waals surface area (Å²) in [6.07, 6.45) is 1.91. The summed E-state index contributed by atoms with van der Waals surface area (Å²) in [6.45, 7) is 2.74. The average molecular weight is 303 g/mol. The van der Waals surface area contributed by atoms with Crippen LogP contribution in [-0.4, -0.2) is 22.4 Å². The van der Waals surface area contributed by atoms with Gasteiger partial charge < -0.3 is 5.32 Å². The van der Waals surface area contributed by atoms with Crippen molar-refractivity contribution in [1.29, 1.82) is 0 Å². The summed E-state index contributed by atoms with van der Waals surface area (Å²) >= 11 is 5.88. The number of hydrogen-bond donors (Lipinski definition) is 2. The molecule has 1 aromatic carbocycles. The molecule has 0 atom stereocenters. The maximum absolute atomic E-state index is 12.4. The Labute approximate surface area is 127 Å². The molecule has 2 aromatic rings. The molecule has 2 heterocycles. The van der Waals surface area contributed by atoms with Crippen LogP contribution in [0.5, 0.6) is 0 Å². The van der Waals surface area contributed by atoms with Gasteiger partial charge in [-0.2, -0.15) is 0 Å². The smallest absolute Gasteiger partial charge is 0.258 e. The molecule has 21 heavy (non-hydrogen) atoms. The number of anilines is 2. The lowest BCUT2D eigenvalue weighted by molar-refractivity contribution is 0.102. The van der Waals surface area contributed by atoms with Crippen molar-refractivity contribution in [2.75, 3.05) is 17.2 Å². The number of carbonyl (C=O) groups excluding carboxylic acids is 1. The Bertz CT molecular complexity index is 682. The lowest BCUT2D eigenvalue weighted by atomic mass is 9.97. The fourth-order valence-electron chi connectivity index (χ4n) is 2.48. The molecule has 1 aliphatic rings. The summed E-state index contributed by atoms with van der Waals surface area (Å²) in [5.41, 5.74) is 3.43. The molecular weight excluding hydrogens is 288 g/mol. The van der Waals surface area contributed by atoms with E-state index in [1.54, 1.807) is 13.0 Å². The fraction of sp³-hybridized carbons (Fsp3) is 0.267. The minimum atomic E-state index is -0.211. The first-order valence-electron chi connectivity index (χ1n) is 6.82. The molecule has 5 nitrogen and oxygen atoms in total. The van der Waals surface area contributed by atoms with Crippen LogP contribution in [0.3, 0.4) is 0 Å². The third-order valence-corrected chi connectivity index (χ3v) is 3.58. The van der Waals surface area contributed by atoms with Gasteiger partial charge in [0, 0.05) is 23.5 Å². The molecule has 1 amide bonds. The molecule has 0 saturated heterocycles. The van der Waals surface area contributed by atoms with E-state index in [-0.39, 0.29) is 11.9 Å².